The van der Waals surface area contributed by atoms with Gasteiger partial charge in [0.25, 0.3) is 0 Å². The second-order valence-corrected chi connectivity index (χ2v) is 7.53. The van der Waals surface area contributed by atoms with Crippen LogP contribution < -0.4 is 10.1 Å². The molecule has 0 radical (unpaired) electrons. The van der Waals surface area contributed by atoms with Gasteiger partial charge in [0.1, 0.15) is 17.3 Å². The molecule has 0 bridgehead atoms. The molecule has 4 nitrogen and oxygen atoms in total. The summed E-state index contributed by atoms with van der Waals surface area (Å²) < 4.78 is 7.52. The van der Waals surface area contributed by atoms with Crippen LogP contribution in [0.4, 0.5) is 5.82 Å². The number of para-hydroxylation sites is 1. The Labute approximate surface area is 163 Å². The van der Waals surface area contributed by atoms with Gasteiger partial charge in [-0.2, -0.15) is 0 Å². The molecule has 136 valence electrons. The Morgan fingerprint density at radius 2 is 1.92 bits per heavy atom. The Morgan fingerprint density at radius 1 is 1.15 bits per heavy atom. The van der Waals surface area contributed by atoms with E-state index in [1.807, 2.05) is 34.9 Å². The van der Waals surface area contributed by atoms with Gasteiger partial charge in [-0.15, -0.1) is 0 Å². The molecule has 2 heterocycles. The van der Waals surface area contributed by atoms with E-state index in [-0.39, 0.29) is 0 Å². The summed E-state index contributed by atoms with van der Waals surface area (Å²) in [7, 11) is 1.67. The average molecular weight is 390 g/mol. The minimum Gasteiger partial charge on any atom is -0.496 e. The number of hydrogen-bond acceptors (Lipinski definition) is 3. The van der Waals surface area contributed by atoms with Crippen LogP contribution in [-0.4, -0.2) is 22.5 Å². The van der Waals surface area contributed by atoms with E-state index in [1.165, 1.54) is 19.3 Å². The Kier molecular flexibility index (Phi) is 4.96. The largest absolute Gasteiger partial charge is 0.496 e. The van der Waals surface area contributed by atoms with Crippen molar-refractivity contribution in [2.75, 3.05) is 12.4 Å². The zero-order chi connectivity index (χ0) is 18.1. The summed E-state index contributed by atoms with van der Waals surface area (Å²) in [5, 5.41) is 4.82. The van der Waals surface area contributed by atoms with Crippen molar-refractivity contribution in [3.8, 4) is 17.0 Å². The minimum absolute atomic E-state index is 0.426. The monoisotopic (exact) mass is 389 g/mol. The van der Waals surface area contributed by atoms with Gasteiger partial charge in [0, 0.05) is 17.8 Å². The third-order valence-corrected chi connectivity index (χ3v) is 5.43. The smallest absolute Gasteiger partial charge is 0.158 e. The van der Waals surface area contributed by atoms with Crippen molar-refractivity contribution >= 4 is 34.7 Å². The fourth-order valence-electron chi connectivity index (χ4n) is 3.68. The molecule has 3 aromatic rings. The number of aromatic nitrogens is 2. The van der Waals surface area contributed by atoms with Gasteiger partial charge in [0.15, 0.2) is 5.65 Å². The lowest BCUT2D eigenvalue weighted by Gasteiger charge is -2.24. The van der Waals surface area contributed by atoms with E-state index in [4.69, 9.17) is 32.9 Å². The molecule has 0 amide bonds. The minimum atomic E-state index is 0.426. The first kappa shape index (κ1) is 17.5. The predicted molar refractivity (Wildman–Crippen MR) is 108 cm³/mol. The lowest BCUT2D eigenvalue weighted by molar-refractivity contribution is 0.416. The number of imidazole rings is 1. The van der Waals surface area contributed by atoms with Crippen LogP contribution in [0.15, 0.2) is 36.5 Å². The Morgan fingerprint density at radius 3 is 2.69 bits per heavy atom. The van der Waals surface area contributed by atoms with Crippen molar-refractivity contribution in [3.63, 3.8) is 0 Å². The van der Waals surface area contributed by atoms with E-state index >= 15 is 0 Å². The first-order chi connectivity index (χ1) is 12.7. The molecule has 26 heavy (non-hydrogen) atoms. The molecule has 1 N–H and O–H groups in total. The van der Waals surface area contributed by atoms with E-state index in [2.05, 4.69) is 5.32 Å². The lowest BCUT2D eigenvalue weighted by atomic mass is 9.95. The number of methoxy groups -OCH3 is 1. The third kappa shape index (κ3) is 3.24. The first-order valence-corrected chi connectivity index (χ1v) is 9.70. The fraction of sp³-hybridized carbons (Fsp3) is 0.350. The number of rotatable bonds is 4. The molecule has 0 aliphatic heterocycles. The summed E-state index contributed by atoms with van der Waals surface area (Å²) >= 11 is 12.7. The average Bonchev–Trinajstić information content (AvgIpc) is 3.01. The number of nitrogens with one attached hydrogen (secondary N) is 1. The summed E-state index contributed by atoms with van der Waals surface area (Å²) in [5.41, 5.74) is 2.46. The van der Waals surface area contributed by atoms with Gasteiger partial charge in [0.05, 0.1) is 17.2 Å². The quantitative estimate of drug-likeness (QED) is 0.588. The van der Waals surface area contributed by atoms with Gasteiger partial charge in [-0.3, -0.25) is 4.40 Å². The number of ether oxygens (including phenoxy) is 1. The zero-order valence-corrected chi connectivity index (χ0v) is 16.1. The molecule has 1 aliphatic rings. The Bertz CT molecular complexity index is 932. The van der Waals surface area contributed by atoms with Crippen LogP contribution in [0.2, 0.25) is 10.0 Å². The molecule has 6 heteroatoms. The fourth-order valence-corrected chi connectivity index (χ4v) is 4.19. The highest BCUT2D eigenvalue weighted by Crippen LogP contribution is 2.38. The molecular formula is C20H21Cl2N3O. The highest BCUT2D eigenvalue weighted by atomic mass is 35.5. The van der Waals surface area contributed by atoms with Gasteiger partial charge >= 0.3 is 0 Å². The van der Waals surface area contributed by atoms with Crippen LogP contribution in [0, 0.1) is 0 Å². The Balaban J connectivity index is 1.90. The van der Waals surface area contributed by atoms with Crippen molar-refractivity contribution in [1.82, 2.24) is 9.38 Å². The molecule has 0 spiro atoms. The van der Waals surface area contributed by atoms with Crippen molar-refractivity contribution in [3.05, 3.63) is 46.6 Å². The van der Waals surface area contributed by atoms with Gasteiger partial charge < -0.3 is 10.1 Å². The number of nitrogens with zero attached hydrogens (tertiary/aromatic N) is 2. The number of halogens is 2. The van der Waals surface area contributed by atoms with Crippen LogP contribution in [0.1, 0.15) is 32.1 Å². The normalized spacial score (nSPS) is 15.3. The summed E-state index contributed by atoms with van der Waals surface area (Å²) in [6.45, 7) is 0. The molecular weight excluding hydrogens is 369 g/mol. The molecule has 2 aromatic heterocycles. The topological polar surface area (TPSA) is 38.6 Å². The maximum atomic E-state index is 6.42. The van der Waals surface area contributed by atoms with Crippen LogP contribution in [0.5, 0.6) is 5.75 Å². The molecule has 1 fully saturated rings. The van der Waals surface area contributed by atoms with Crippen molar-refractivity contribution < 1.29 is 4.74 Å². The lowest BCUT2D eigenvalue weighted by Crippen LogP contribution is -2.23. The van der Waals surface area contributed by atoms with E-state index in [0.29, 0.717) is 21.7 Å². The van der Waals surface area contributed by atoms with Crippen molar-refractivity contribution in [1.29, 1.82) is 0 Å². The van der Waals surface area contributed by atoms with E-state index in [1.54, 1.807) is 13.2 Å². The van der Waals surface area contributed by atoms with Gasteiger partial charge in [-0.25, -0.2) is 4.98 Å². The molecule has 0 saturated heterocycles. The summed E-state index contributed by atoms with van der Waals surface area (Å²) in [5.74, 6) is 1.70. The molecule has 0 unspecified atom stereocenters. The number of benzene rings is 1. The van der Waals surface area contributed by atoms with Crippen molar-refractivity contribution in [2.45, 2.75) is 38.1 Å². The number of fused-ring (bicyclic) bond motifs is 1. The molecule has 1 aliphatic carbocycles. The highest BCUT2D eigenvalue weighted by molar-refractivity contribution is 6.36. The highest BCUT2D eigenvalue weighted by Gasteiger charge is 2.22. The summed E-state index contributed by atoms with van der Waals surface area (Å²) in [6, 6.07) is 10.1. The van der Waals surface area contributed by atoms with Gasteiger partial charge in [-0.1, -0.05) is 54.6 Å². The van der Waals surface area contributed by atoms with Crippen LogP contribution in [-0.2, 0) is 0 Å². The number of hydrogen-bond donors (Lipinski definition) is 1. The second kappa shape index (κ2) is 7.37. The zero-order valence-electron chi connectivity index (χ0n) is 14.6. The van der Waals surface area contributed by atoms with Crippen LogP contribution in [0.3, 0.4) is 0 Å². The second-order valence-electron chi connectivity index (χ2n) is 6.69. The molecule has 0 atom stereocenters. The number of anilines is 1. The van der Waals surface area contributed by atoms with Gasteiger partial charge in [0.2, 0.25) is 0 Å². The van der Waals surface area contributed by atoms with Crippen LogP contribution in [0.25, 0.3) is 16.9 Å². The SMILES string of the molecule is COc1ccccc1-c1nc2c(Cl)cc(Cl)cn2c1NC1CCCCC1. The predicted octanol–water partition coefficient (Wildman–Crippen LogP) is 6.06. The maximum Gasteiger partial charge on any atom is 0.158 e. The maximum absolute atomic E-state index is 6.42. The summed E-state index contributed by atoms with van der Waals surface area (Å²) in [6.07, 6.45) is 7.99. The standard InChI is InChI=1S/C20H21Cl2N3O/c1-26-17-10-6-5-9-15(17)18-20(23-14-7-3-2-4-8-14)25-12-13(21)11-16(22)19(25)24-18/h5-6,9-12,14,23H,2-4,7-8H2,1H3. The third-order valence-electron chi connectivity index (χ3n) is 4.95. The van der Waals surface area contributed by atoms with E-state index < -0.39 is 0 Å². The Hall–Kier alpha value is -1.91. The molecule has 1 aromatic carbocycles. The van der Waals surface area contributed by atoms with E-state index in [9.17, 15) is 0 Å². The van der Waals surface area contributed by atoms with Crippen molar-refractivity contribution in [2.24, 2.45) is 0 Å². The van der Waals surface area contributed by atoms with E-state index in [0.717, 1.165) is 35.7 Å². The molecule has 4 rings (SSSR count). The van der Waals surface area contributed by atoms with Crippen LogP contribution >= 0.6 is 23.2 Å². The summed E-state index contributed by atoms with van der Waals surface area (Å²) in [4.78, 5) is 4.83. The molecule has 1 saturated carbocycles. The number of pyridine rings is 1. The van der Waals surface area contributed by atoms with Gasteiger partial charge in [-0.05, 0) is 31.0 Å². The first-order valence-electron chi connectivity index (χ1n) is 8.94.